The van der Waals surface area contributed by atoms with Crippen molar-refractivity contribution in [2.24, 2.45) is 0 Å². The molecule has 4 rings (SSSR count). The third kappa shape index (κ3) is 3.12. The maximum absolute atomic E-state index is 13.8. The van der Waals surface area contributed by atoms with Crippen LogP contribution in [0.1, 0.15) is 16.8 Å². The summed E-state index contributed by atoms with van der Waals surface area (Å²) in [6.07, 6.45) is 3.78. The number of para-hydroxylation sites is 1. The lowest BCUT2D eigenvalue weighted by atomic mass is 10.0. The molecule has 5 heteroatoms. The fraction of sp³-hybridized carbons (Fsp3) is 0.150. The van der Waals surface area contributed by atoms with Crippen molar-refractivity contribution in [1.82, 2.24) is 9.88 Å². The van der Waals surface area contributed by atoms with Gasteiger partial charge in [0.1, 0.15) is 5.82 Å². The highest BCUT2D eigenvalue weighted by Gasteiger charge is 2.22. The largest absolute Gasteiger partial charge is 0.358 e. The van der Waals surface area contributed by atoms with Gasteiger partial charge >= 0.3 is 0 Å². The number of H-pyrrole nitrogens is 1. The first kappa shape index (κ1) is 16.1. The molecule has 0 radical (unpaired) electrons. The minimum atomic E-state index is -0.343. The Morgan fingerprint density at radius 1 is 1.24 bits per heavy atom. The van der Waals surface area contributed by atoms with Gasteiger partial charge in [-0.3, -0.25) is 4.79 Å². The summed E-state index contributed by atoms with van der Waals surface area (Å²) < 4.78 is 14.6. The number of aromatic nitrogens is 1. The highest BCUT2D eigenvalue weighted by molar-refractivity contribution is 9.10. The quantitative estimate of drug-likeness (QED) is 0.625. The second-order valence-electron chi connectivity index (χ2n) is 6.14. The first-order chi connectivity index (χ1) is 12.1. The Kier molecular flexibility index (Phi) is 4.17. The Hall–Kier alpha value is -2.40. The minimum Gasteiger partial charge on any atom is -0.358 e. The predicted octanol–water partition coefficient (Wildman–Crippen LogP) is 4.67. The molecule has 1 amide bonds. The SMILES string of the molecule is O=C(/C=C/c1cc(Br)ccc1F)N1CCc2[nH]c3ccccc3c2C1. The first-order valence-corrected chi connectivity index (χ1v) is 8.91. The van der Waals surface area contributed by atoms with Gasteiger partial charge in [-0.2, -0.15) is 0 Å². The van der Waals surface area contributed by atoms with E-state index in [0.29, 0.717) is 18.7 Å². The Labute approximate surface area is 153 Å². The van der Waals surface area contributed by atoms with Crippen LogP contribution in [0.3, 0.4) is 0 Å². The number of aromatic amines is 1. The molecule has 0 aliphatic carbocycles. The highest BCUT2D eigenvalue weighted by Crippen LogP contribution is 2.27. The number of benzene rings is 2. The number of amides is 1. The summed E-state index contributed by atoms with van der Waals surface area (Å²) in [5.74, 6) is -0.444. The molecule has 126 valence electrons. The second-order valence-corrected chi connectivity index (χ2v) is 7.05. The van der Waals surface area contributed by atoms with Crippen LogP contribution in [0.15, 0.2) is 53.0 Å². The van der Waals surface area contributed by atoms with Crippen LogP contribution in [0, 0.1) is 5.82 Å². The van der Waals surface area contributed by atoms with Crippen LogP contribution in [0.2, 0.25) is 0 Å². The van der Waals surface area contributed by atoms with Crippen molar-refractivity contribution in [3.05, 3.63) is 75.7 Å². The lowest BCUT2D eigenvalue weighted by Crippen LogP contribution is -2.34. The van der Waals surface area contributed by atoms with Crippen molar-refractivity contribution in [3.63, 3.8) is 0 Å². The molecule has 2 heterocycles. The number of nitrogens with one attached hydrogen (secondary N) is 1. The van der Waals surface area contributed by atoms with Crippen LogP contribution < -0.4 is 0 Å². The van der Waals surface area contributed by atoms with Crippen LogP contribution in [0.4, 0.5) is 4.39 Å². The van der Waals surface area contributed by atoms with Gasteiger partial charge in [-0.05, 0) is 30.3 Å². The molecule has 1 N–H and O–H groups in total. The molecular weight excluding hydrogens is 383 g/mol. The lowest BCUT2D eigenvalue weighted by molar-refractivity contribution is -0.126. The number of rotatable bonds is 2. The Morgan fingerprint density at radius 2 is 2.08 bits per heavy atom. The van der Waals surface area contributed by atoms with Crippen LogP contribution in [-0.4, -0.2) is 22.3 Å². The van der Waals surface area contributed by atoms with Gasteiger partial charge in [0.05, 0.1) is 0 Å². The molecule has 2 aromatic carbocycles. The van der Waals surface area contributed by atoms with Crippen molar-refractivity contribution in [2.75, 3.05) is 6.54 Å². The van der Waals surface area contributed by atoms with E-state index in [9.17, 15) is 9.18 Å². The van der Waals surface area contributed by atoms with Gasteiger partial charge < -0.3 is 9.88 Å². The van der Waals surface area contributed by atoms with Crippen LogP contribution in [0.25, 0.3) is 17.0 Å². The fourth-order valence-corrected chi connectivity index (χ4v) is 3.64. The summed E-state index contributed by atoms with van der Waals surface area (Å²) in [7, 11) is 0. The average molecular weight is 399 g/mol. The van der Waals surface area contributed by atoms with E-state index in [0.717, 1.165) is 21.8 Å². The van der Waals surface area contributed by atoms with Crippen molar-refractivity contribution >= 4 is 38.8 Å². The number of nitrogens with zero attached hydrogens (tertiary/aromatic N) is 1. The summed E-state index contributed by atoms with van der Waals surface area (Å²) in [5, 5.41) is 1.16. The van der Waals surface area contributed by atoms with Gasteiger partial charge in [-0.1, -0.05) is 34.1 Å². The van der Waals surface area contributed by atoms with Crippen molar-refractivity contribution in [2.45, 2.75) is 13.0 Å². The van der Waals surface area contributed by atoms with E-state index in [1.54, 1.807) is 17.0 Å². The van der Waals surface area contributed by atoms with Crippen LogP contribution in [-0.2, 0) is 17.8 Å². The highest BCUT2D eigenvalue weighted by atomic mass is 79.9. The normalized spacial score (nSPS) is 14.2. The van der Waals surface area contributed by atoms with Gasteiger partial charge in [0.2, 0.25) is 5.91 Å². The third-order valence-corrected chi connectivity index (χ3v) is 5.05. The Bertz CT molecular complexity index is 993. The van der Waals surface area contributed by atoms with Gasteiger partial charge in [0.25, 0.3) is 0 Å². The molecule has 0 atom stereocenters. The van der Waals surface area contributed by atoms with E-state index in [-0.39, 0.29) is 11.7 Å². The molecule has 0 saturated heterocycles. The molecule has 3 aromatic rings. The summed E-state index contributed by atoms with van der Waals surface area (Å²) in [4.78, 5) is 17.8. The maximum atomic E-state index is 13.8. The molecule has 0 spiro atoms. The topological polar surface area (TPSA) is 36.1 Å². The zero-order valence-electron chi connectivity index (χ0n) is 13.4. The van der Waals surface area contributed by atoms with Crippen LogP contribution >= 0.6 is 15.9 Å². The standard InChI is InChI=1S/C20H16BrFN2O/c21-14-6-7-17(22)13(11-14)5-8-20(25)24-10-9-19-16(12-24)15-3-1-2-4-18(15)23-19/h1-8,11,23H,9-10,12H2/b8-5+. The smallest absolute Gasteiger partial charge is 0.246 e. The molecule has 1 aromatic heterocycles. The molecule has 0 bridgehead atoms. The Balaban J connectivity index is 1.56. The molecule has 1 aliphatic heterocycles. The average Bonchev–Trinajstić information content (AvgIpc) is 3.00. The van der Waals surface area contributed by atoms with Gasteiger partial charge in [-0.15, -0.1) is 0 Å². The van der Waals surface area contributed by atoms with E-state index in [4.69, 9.17) is 0 Å². The van der Waals surface area contributed by atoms with Crippen molar-refractivity contribution in [3.8, 4) is 0 Å². The minimum absolute atomic E-state index is 0.102. The van der Waals surface area contributed by atoms with Gasteiger partial charge in [0, 0.05) is 57.8 Å². The summed E-state index contributed by atoms with van der Waals surface area (Å²) >= 11 is 3.32. The summed E-state index contributed by atoms with van der Waals surface area (Å²) in [6, 6.07) is 12.8. The monoisotopic (exact) mass is 398 g/mol. The van der Waals surface area contributed by atoms with E-state index in [1.807, 2.05) is 12.1 Å². The third-order valence-electron chi connectivity index (χ3n) is 4.56. The van der Waals surface area contributed by atoms with E-state index in [1.165, 1.54) is 29.5 Å². The van der Waals surface area contributed by atoms with E-state index < -0.39 is 0 Å². The number of carbonyl (C=O) groups excluding carboxylic acids is 1. The summed E-state index contributed by atoms with van der Waals surface area (Å²) in [5.41, 5.74) is 3.88. The molecule has 0 fully saturated rings. The van der Waals surface area contributed by atoms with Gasteiger partial charge in [0.15, 0.2) is 0 Å². The molecule has 25 heavy (non-hydrogen) atoms. The second kappa shape index (κ2) is 6.48. The Morgan fingerprint density at radius 3 is 2.96 bits per heavy atom. The number of carbonyl (C=O) groups is 1. The first-order valence-electron chi connectivity index (χ1n) is 8.12. The maximum Gasteiger partial charge on any atom is 0.246 e. The zero-order chi connectivity index (χ0) is 17.4. The number of fused-ring (bicyclic) bond motifs is 3. The van der Waals surface area contributed by atoms with Crippen molar-refractivity contribution < 1.29 is 9.18 Å². The molecule has 0 saturated carbocycles. The van der Waals surface area contributed by atoms with Crippen LogP contribution in [0.5, 0.6) is 0 Å². The molecule has 0 unspecified atom stereocenters. The number of halogens is 2. The predicted molar refractivity (Wildman–Crippen MR) is 101 cm³/mol. The van der Waals surface area contributed by atoms with E-state index in [2.05, 4.69) is 33.0 Å². The summed E-state index contributed by atoms with van der Waals surface area (Å²) in [6.45, 7) is 1.23. The molecular formula is C20H16BrFN2O. The lowest BCUT2D eigenvalue weighted by Gasteiger charge is -2.26. The van der Waals surface area contributed by atoms with Gasteiger partial charge in [-0.25, -0.2) is 4.39 Å². The molecule has 1 aliphatic rings. The zero-order valence-corrected chi connectivity index (χ0v) is 15.0. The fourth-order valence-electron chi connectivity index (χ4n) is 3.26. The number of hydrogen-bond donors (Lipinski definition) is 1. The van der Waals surface area contributed by atoms with E-state index >= 15 is 0 Å². The van der Waals surface area contributed by atoms with Crippen molar-refractivity contribution in [1.29, 1.82) is 0 Å². The molecule has 3 nitrogen and oxygen atoms in total. The number of hydrogen-bond acceptors (Lipinski definition) is 1.